The number of carboxylic acids is 2. The number of aliphatic hydroxyl groups excluding tert-OH is 2. The molecule has 0 aliphatic heterocycles. The van der Waals surface area contributed by atoms with Crippen molar-refractivity contribution in [3.63, 3.8) is 0 Å². The summed E-state index contributed by atoms with van der Waals surface area (Å²) in [6.07, 6.45) is 4.81. The van der Waals surface area contributed by atoms with E-state index in [1.807, 2.05) is 49.4 Å². The number of ether oxygens (including phenoxy) is 2. The maximum atomic E-state index is 11.9. The Morgan fingerprint density at radius 1 is 0.726 bits per heavy atom. The highest BCUT2D eigenvalue weighted by molar-refractivity contribution is 6.35. The third-order valence-corrected chi connectivity index (χ3v) is 11.5. The molecule has 2 heterocycles. The van der Waals surface area contributed by atoms with E-state index in [0.29, 0.717) is 38.7 Å². The van der Waals surface area contributed by atoms with E-state index in [2.05, 4.69) is 39.7 Å². The van der Waals surface area contributed by atoms with Gasteiger partial charge in [-0.2, -0.15) is 5.26 Å². The van der Waals surface area contributed by atoms with Crippen LogP contribution in [-0.4, -0.2) is 66.6 Å². The van der Waals surface area contributed by atoms with Crippen molar-refractivity contribution in [1.29, 1.82) is 5.26 Å². The van der Waals surface area contributed by atoms with Crippen LogP contribution in [0.4, 0.5) is 0 Å². The van der Waals surface area contributed by atoms with Crippen LogP contribution in [0.2, 0.25) is 10.0 Å². The van der Waals surface area contributed by atoms with Crippen LogP contribution in [-0.2, 0) is 35.9 Å². The minimum atomic E-state index is -1.62. The molecule has 0 unspecified atom stereocenters. The van der Waals surface area contributed by atoms with Crippen molar-refractivity contribution in [2.45, 2.75) is 65.1 Å². The van der Waals surface area contributed by atoms with Gasteiger partial charge in [0.05, 0.1) is 34.3 Å². The number of aliphatic carboxylic acids is 2. The Bertz CT molecular complexity index is 2710. The number of hydrogen-bond donors (Lipinski definition) is 6. The molecule has 62 heavy (non-hydrogen) atoms. The molecular weight excluding hydrogens is 833 g/mol. The molecule has 15 heteroatoms. The van der Waals surface area contributed by atoms with Gasteiger partial charge in [0.15, 0.2) is 0 Å². The van der Waals surface area contributed by atoms with Crippen LogP contribution in [0.3, 0.4) is 0 Å². The van der Waals surface area contributed by atoms with E-state index in [1.54, 1.807) is 36.7 Å². The quantitative estimate of drug-likeness (QED) is 0.0489. The number of carboxylic acid groups (broad SMARTS) is 2. The topological polar surface area (TPSA) is 207 Å². The fraction of sp³-hybridized carbons (Fsp3) is 0.255. The van der Waals surface area contributed by atoms with Crippen molar-refractivity contribution in [3.8, 4) is 39.8 Å². The van der Waals surface area contributed by atoms with E-state index in [4.69, 9.17) is 32.7 Å². The lowest BCUT2D eigenvalue weighted by Gasteiger charge is -2.25. The largest absolute Gasteiger partial charge is 0.488 e. The van der Waals surface area contributed by atoms with E-state index < -0.39 is 36.2 Å². The maximum absolute atomic E-state index is 11.9. The van der Waals surface area contributed by atoms with Crippen molar-refractivity contribution in [2.75, 3.05) is 13.2 Å². The number of halogens is 2. The molecule has 0 radical (unpaired) electrons. The lowest BCUT2D eigenvalue weighted by molar-refractivity contribution is -0.146. The molecule has 6 rings (SSSR count). The number of aromatic nitrogens is 2. The summed E-state index contributed by atoms with van der Waals surface area (Å²) < 4.78 is 12.5. The molecule has 0 aliphatic carbocycles. The van der Waals surface area contributed by atoms with E-state index in [9.17, 15) is 35.3 Å². The van der Waals surface area contributed by atoms with E-state index in [-0.39, 0.29) is 31.3 Å². The Balaban J connectivity index is 1.26. The molecule has 0 aliphatic rings. The van der Waals surface area contributed by atoms with Crippen LogP contribution in [0.15, 0.2) is 91.4 Å². The van der Waals surface area contributed by atoms with Gasteiger partial charge < -0.3 is 29.9 Å². The van der Waals surface area contributed by atoms with Crippen LogP contribution in [0, 0.1) is 25.2 Å². The third kappa shape index (κ3) is 9.98. The summed E-state index contributed by atoms with van der Waals surface area (Å²) in [5.41, 5.74) is 6.47. The Hall–Kier alpha value is -6.11. The number of benzene rings is 4. The van der Waals surface area contributed by atoms with Gasteiger partial charge >= 0.3 is 11.9 Å². The lowest BCUT2D eigenvalue weighted by atomic mass is 9.89. The Kier molecular flexibility index (Phi) is 14.1. The fourth-order valence-electron chi connectivity index (χ4n) is 6.77. The average molecular weight is 879 g/mol. The van der Waals surface area contributed by atoms with Gasteiger partial charge in [-0.05, 0) is 97.0 Å². The standard InChI is InChI=1S/C47H45Cl2N5O8/c1-27-32(24-62-42-16-41(61-23-31-11-30(17-50)18-51-19-31)35(15-39(42)48)22-54-47(4,26-56)45(59)60)7-5-9-37(27)38-10-6-8-36(28(38)2)34-14-33-12-29(13-40(49)43(33)52-21-34)20-53-46(3,25-55)44(57)58/h5-16,18-19,21,53-56H,20,22-26H2,1-4H3,(H,57,58)(H,59,60)/t46-,47-/m0/s1. The molecule has 0 saturated heterocycles. The molecule has 2 aromatic heterocycles. The number of carbonyl (C=O) groups is 2. The zero-order valence-corrected chi connectivity index (χ0v) is 35.9. The van der Waals surface area contributed by atoms with E-state index in [1.165, 1.54) is 20.0 Å². The van der Waals surface area contributed by atoms with Crippen LogP contribution >= 0.6 is 23.2 Å². The fourth-order valence-corrected chi connectivity index (χ4v) is 7.31. The van der Waals surface area contributed by atoms with Gasteiger partial charge in [0.1, 0.15) is 41.9 Å². The minimum absolute atomic E-state index is 0.00414. The zero-order valence-electron chi connectivity index (χ0n) is 34.4. The summed E-state index contributed by atoms with van der Waals surface area (Å²) in [7, 11) is 0. The summed E-state index contributed by atoms with van der Waals surface area (Å²) in [4.78, 5) is 32.4. The van der Waals surface area contributed by atoms with Crippen molar-refractivity contribution in [2.24, 2.45) is 0 Å². The minimum Gasteiger partial charge on any atom is -0.488 e. The smallest absolute Gasteiger partial charge is 0.326 e. The third-order valence-electron chi connectivity index (χ3n) is 10.9. The number of pyridine rings is 2. The Morgan fingerprint density at radius 3 is 2.05 bits per heavy atom. The second-order valence-electron chi connectivity index (χ2n) is 15.4. The highest BCUT2D eigenvalue weighted by Crippen LogP contribution is 2.38. The Labute approximate surface area is 368 Å². The Morgan fingerprint density at radius 2 is 1.37 bits per heavy atom. The summed E-state index contributed by atoms with van der Waals surface area (Å²) in [6.45, 7) is 6.00. The van der Waals surface area contributed by atoms with Gasteiger partial charge in [-0.25, -0.2) is 0 Å². The number of hydrogen-bond acceptors (Lipinski definition) is 11. The number of nitriles is 1. The molecular formula is C47H45Cl2N5O8. The molecule has 0 spiro atoms. The van der Waals surface area contributed by atoms with Gasteiger partial charge in [-0.1, -0.05) is 59.6 Å². The first-order chi connectivity index (χ1) is 29.6. The summed E-state index contributed by atoms with van der Waals surface area (Å²) in [6, 6.07) is 24.7. The van der Waals surface area contributed by atoms with Gasteiger partial charge in [0.2, 0.25) is 0 Å². The van der Waals surface area contributed by atoms with Crippen LogP contribution in [0.5, 0.6) is 11.5 Å². The predicted molar refractivity (Wildman–Crippen MR) is 236 cm³/mol. The number of aliphatic hydroxyl groups is 2. The molecule has 0 amide bonds. The molecule has 13 nitrogen and oxygen atoms in total. The lowest BCUT2D eigenvalue weighted by Crippen LogP contribution is -2.52. The molecule has 320 valence electrons. The first kappa shape index (κ1) is 45.4. The van der Waals surface area contributed by atoms with Gasteiger partial charge in [-0.15, -0.1) is 0 Å². The number of fused-ring (bicyclic) bond motifs is 1. The van der Waals surface area contributed by atoms with Crippen LogP contribution < -0.4 is 20.1 Å². The first-order valence-electron chi connectivity index (χ1n) is 19.5. The number of nitrogens with one attached hydrogen (secondary N) is 2. The van der Waals surface area contributed by atoms with Crippen LogP contribution in [0.25, 0.3) is 33.2 Å². The maximum Gasteiger partial charge on any atom is 0.326 e. The average Bonchev–Trinajstić information content (AvgIpc) is 3.26. The van der Waals surface area contributed by atoms with Gasteiger partial charge in [0.25, 0.3) is 0 Å². The molecule has 6 N–H and O–H groups in total. The van der Waals surface area contributed by atoms with Gasteiger partial charge in [-0.3, -0.25) is 30.2 Å². The van der Waals surface area contributed by atoms with E-state index >= 15 is 0 Å². The molecule has 2 atom stereocenters. The van der Waals surface area contributed by atoms with E-state index in [0.717, 1.165) is 49.9 Å². The first-order valence-corrected chi connectivity index (χ1v) is 20.2. The molecule has 0 bridgehead atoms. The monoisotopic (exact) mass is 877 g/mol. The molecule has 0 fully saturated rings. The molecule has 4 aromatic carbocycles. The summed E-state index contributed by atoms with van der Waals surface area (Å²) in [5, 5.41) is 55.3. The normalized spacial score (nSPS) is 13.2. The van der Waals surface area contributed by atoms with Crippen LogP contribution in [0.1, 0.15) is 52.8 Å². The van der Waals surface area contributed by atoms with Crippen molar-refractivity contribution >= 4 is 46.0 Å². The molecule has 6 aromatic rings. The van der Waals surface area contributed by atoms with Gasteiger partial charge in [0, 0.05) is 59.8 Å². The SMILES string of the molecule is Cc1c(COc2cc(OCc3cncc(C#N)c3)c(CN[C@@](C)(CO)C(=O)O)cc2Cl)cccc1-c1cccc(-c2cnc3c(Cl)cc(CN[C@@](C)(CO)C(=O)O)cc3c2)c1C. The predicted octanol–water partition coefficient (Wildman–Crippen LogP) is 7.77. The highest BCUT2D eigenvalue weighted by Gasteiger charge is 2.33. The number of rotatable bonds is 18. The summed E-state index contributed by atoms with van der Waals surface area (Å²) >= 11 is 13.4. The number of nitrogens with zero attached hydrogens (tertiary/aromatic N) is 3. The van der Waals surface area contributed by atoms with Crippen molar-refractivity contribution in [3.05, 3.63) is 140 Å². The highest BCUT2D eigenvalue weighted by atomic mass is 35.5. The van der Waals surface area contributed by atoms with Crippen molar-refractivity contribution < 1.29 is 39.5 Å². The molecule has 0 saturated carbocycles. The summed E-state index contributed by atoms with van der Waals surface area (Å²) in [5.74, 6) is -1.71. The second-order valence-corrected chi connectivity index (χ2v) is 16.2. The van der Waals surface area contributed by atoms with Crippen molar-refractivity contribution in [1.82, 2.24) is 20.6 Å². The second kappa shape index (κ2) is 19.3. The zero-order chi connectivity index (χ0) is 44.8.